The number of aliphatic hydroxyl groups excluding tert-OH is 1. The van der Waals surface area contributed by atoms with Gasteiger partial charge in [0.15, 0.2) is 24.6 Å². The third-order valence-electron chi connectivity index (χ3n) is 2.97. The van der Waals surface area contributed by atoms with E-state index in [-0.39, 0.29) is 6.61 Å². The van der Waals surface area contributed by atoms with Gasteiger partial charge in [0.25, 0.3) is 0 Å². The molecule has 136 valence electrons. The first-order valence-electron chi connectivity index (χ1n) is 7.10. The van der Waals surface area contributed by atoms with Crippen molar-refractivity contribution in [2.75, 3.05) is 6.61 Å². The Hall–Kier alpha value is -2.20. The molecule has 1 fully saturated rings. The summed E-state index contributed by atoms with van der Waals surface area (Å²) in [6.07, 6.45) is -6.79. The first-order chi connectivity index (χ1) is 11.1. The van der Waals surface area contributed by atoms with Crippen LogP contribution in [0.3, 0.4) is 0 Å². The van der Waals surface area contributed by atoms with E-state index in [0.29, 0.717) is 0 Å². The fourth-order valence-corrected chi connectivity index (χ4v) is 2.21. The molecule has 0 aromatic carbocycles. The van der Waals surface area contributed by atoms with Crippen molar-refractivity contribution < 1.29 is 48.0 Å². The van der Waals surface area contributed by atoms with Crippen LogP contribution in [0, 0.1) is 0 Å². The van der Waals surface area contributed by atoms with Crippen LogP contribution in [0.25, 0.3) is 0 Å². The largest absolute Gasteiger partial charge is 0.463 e. The van der Waals surface area contributed by atoms with Crippen molar-refractivity contribution in [1.82, 2.24) is 0 Å². The lowest BCUT2D eigenvalue weighted by molar-refractivity contribution is -0.296. The summed E-state index contributed by atoms with van der Waals surface area (Å²) in [6.45, 7) is 4.09. The molecule has 1 heterocycles. The minimum absolute atomic E-state index is 0.366. The summed E-state index contributed by atoms with van der Waals surface area (Å²) < 4.78 is 25.0. The van der Waals surface area contributed by atoms with Crippen molar-refractivity contribution >= 4 is 23.9 Å². The Balaban J connectivity index is 3.11. The van der Waals surface area contributed by atoms with Gasteiger partial charge in [-0.3, -0.25) is 19.2 Å². The molecule has 0 bridgehead atoms. The predicted octanol–water partition coefficient (Wildman–Crippen LogP) is -0.938. The van der Waals surface area contributed by atoms with E-state index in [9.17, 15) is 24.3 Å². The van der Waals surface area contributed by atoms with Crippen LogP contribution >= 0.6 is 0 Å². The normalized spacial score (nSPS) is 29.3. The van der Waals surface area contributed by atoms with Gasteiger partial charge in [0.05, 0.1) is 0 Å². The maximum absolute atomic E-state index is 11.3. The highest BCUT2D eigenvalue weighted by atomic mass is 16.7. The summed E-state index contributed by atoms with van der Waals surface area (Å²) in [7, 11) is 0. The number of hydrogen-bond donors (Lipinski definition) is 1. The lowest BCUT2D eigenvalue weighted by atomic mass is 9.98. The van der Waals surface area contributed by atoms with Gasteiger partial charge in [-0.2, -0.15) is 0 Å². The van der Waals surface area contributed by atoms with Crippen molar-refractivity contribution in [3.05, 3.63) is 0 Å². The summed E-state index contributed by atoms with van der Waals surface area (Å²) in [5, 5.41) is 10.0. The van der Waals surface area contributed by atoms with Crippen molar-refractivity contribution in [3.8, 4) is 0 Å². The molecule has 5 atom stereocenters. The SMILES string of the molecule is CC(=O)OCC1OC(O)C(OC(C)=O)C(OC(C)=O)[C@H]1OC(C)=O. The van der Waals surface area contributed by atoms with E-state index >= 15 is 0 Å². The molecule has 0 aliphatic carbocycles. The van der Waals surface area contributed by atoms with E-state index in [1.54, 1.807) is 0 Å². The number of ether oxygens (including phenoxy) is 5. The topological polar surface area (TPSA) is 135 Å². The van der Waals surface area contributed by atoms with Crippen LogP contribution < -0.4 is 0 Å². The number of carbonyl (C=O) groups is 4. The average Bonchev–Trinajstić information content (AvgIpc) is 2.42. The molecule has 1 N–H and O–H groups in total. The van der Waals surface area contributed by atoms with Gasteiger partial charge in [0, 0.05) is 27.7 Å². The van der Waals surface area contributed by atoms with Gasteiger partial charge < -0.3 is 28.8 Å². The molecule has 1 aliphatic heterocycles. The van der Waals surface area contributed by atoms with Crippen molar-refractivity contribution in [1.29, 1.82) is 0 Å². The zero-order valence-corrected chi connectivity index (χ0v) is 13.7. The molecule has 4 unspecified atom stereocenters. The molecule has 0 amide bonds. The highest BCUT2D eigenvalue weighted by Gasteiger charge is 2.51. The zero-order valence-electron chi connectivity index (χ0n) is 13.7. The fraction of sp³-hybridized carbons (Fsp3) is 0.714. The molecule has 0 aromatic rings. The molecule has 1 saturated heterocycles. The molecule has 10 nitrogen and oxygen atoms in total. The van der Waals surface area contributed by atoms with Crippen LogP contribution in [0.1, 0.15) is 27.7 Å². The Morgan fingerprint density at radius 2 is 1.25 bits per heavy atom. The van der Waals surface area contributed by atoms with Gasteiger partial charge in [-0.15, -0.1) is 0 Å². The van der Waals surface area contributed by atoms with E-state index in [0.717, 1.165) is 27.7 Å². The second-order valence-electron chi connectivity index (χ2n) is 5.09. The van der Waals surface area contributed by atoms with Crippen molar-refractivity contribution in [2.24, 2.45) is 0 Å². The number of carbonyl (C=O) groups excluding carboxylic acids is 4. The summed E-state index contributed by atoms with van der Waals surface area (Å²) >= 11 is 0. The van der Waals surface area contributed by atoms with Crippen LogP contribution in [-0.2, 0) is 42.9 Å². The summed E-state index contributed by atoms with van der Waals surface area (Å²) in [5.74, 6) is -2.87. The Morgan fingerprint density at radius 3 is 1.71 bits per heavy atom. The Bertz CT molecular complexity index is 502. The first-order valence-corrected chi connectivity index (χ1v) is 7.10. The molecule has 1 aliphatic rings. The van der Waals surface area contributed by atoms with Crippen molar-refractivity contribution in [3.63, 3.8) is 0 Å². The highest BCUT2D eigenvalue weighted by Crippen LogP contribution is 2.28. The van der Waals surface area contributed by atoms with Gasteiger partial charge in [-0.25, -0.2) is 0 Å². The molecule has 0 saturated carbocycles. The van der Waals surface area contributed by atoms with Gasteiger partial charge >= 0.3 is 23.9 Å². The van der Waals surface area contributed by atoms with E-state index in [2.05, 4.69) is 0 Å². The Morgan fingerprint density at radius 1 is 0.792 bits per heavy atom. The van der Waals surface area contributed by atoms with Crippen LogP contribution in [0.15, 0.2) is 0 Å². The van der Waals surface area contributed by atoms with E-state index < -0.39 is 54.6 Å². The smallest absolute Gasteiger partial charge is 0.303 e. The summed E-state index contributed by atoms with van der Waals surface area (Å²) in [6, 6.07) is 0. The summed E-state index contributed by atoms with van der Waals surface area (Å²) in [4.78, 5) is 44.9. The van der Waals surface area contributed by atoms with E-state index in [1.807, 2.05) is 0 Å². The first kappa shape index (κ1) is 19.8. The van der Waals surface area contributed by atoms with Crippen LogP contribution in [-0.4, -0.2) is 66.3 Å². The standard InChI is InChI=1S/C14H20O10/c1-6(15)20-5-10-11(21-7(2)16)12(22-8(3)17)13(14(19)24-10)23-9(4)18/h10-14,19H,5H2,1-4H3/t10?,11-,12?,13?,14?/m0/s1. The minimum atomic E-state index is -1.68. The maximum Gasteiger partial charge on any atom is 0.303 e. The van der Waals surface area contributed by atoms with E-state index in [1.165, 1.54) is 0 Å². The molecule has 0 radical (unpaired) electrons. The molecule has 10 heteroatoms. The monoisotopic (exact) mass is 348 g/mol. The maximum atomic E-state index is 11.3. The fourth-order valence-electron chi connectivity index (χ4n) is 2.21. The van der Waals surface area contributed by atoms with Gasteiger partial charge in [0.2, 0.25) is 0 Å². The van der Waals surface area contributed by atoms with Crippen LogP contribution in [0.5, 0.6) is 0 Å². The third-order valence-corrected chi connectivity index (χ3v) is 2.97. The minimum Gasteiger partial charge on any atom is -0.463 e. The van der Waals surface area contributed by atoms with Gasteiger partial charge in [0.1, 0.15) is 12.7 Å². The van der Waals surface area contributed by atoms with Crippen molar-refractivity contribution in [2.45, 2.75) is 58.4 Å². The highest BCUT2D eigenvalue weighted by molar-refractivity contribution is 5.68. The second kappa shape index (κ2) is 8.60. The molecular weight excluding hydrogens is 328 g/mol. The van der Waals surface area contributed by atoms with Gasteiger partial charge in [-0.05, 0) is 0 Å². The lowest BCUT2D eigenvalue weighted by Gasteiger charge is -2.42. The lowest BCUT2D eigenvalue weighted by Crippen LogP contribution is -2.62. The molecule has 0 spiro atoms. The Labute approximate surface area is 137 Å². The summed E-state index contributed by atoms with van der Waals surface area (Å²) in [5.41, 5.74) is 0. The number of hydrogen-bond acceptors (Lipinski definition) is 10. The van der Waals surface area contributed by atoms with E-state index in [4.69, 9.17) is 23.7 Å². The molecule has 24 heavy (non-hydrogen) atoms. The molecule has 1 rings (SSSR count). The Kier molecular flexibility index (Phi) is 7.11. The molecule has 0 aromatic heterocycles. The van der Waals surface area contributed by atoms with Crippen LogP contribution in [0.2, 0.25) is 0 Å². The zero-order chi connectivity index (χ0) is 18.4. The second-order valence-corrected chi connectivity index (χ2v) is 5.09. The predicted molar refractivity (Wildman–Crippen MR) is 74.2 cm³/mol. The quantitative estimate of drug-likeness (QED) is 0.490. The average molecular weight is 348 g/mol. The number of rotatable bonds is 5. The number of esters is 4. The third kappa shape index (κ3) is 5.78. The molecular formula is C14H20O10. The van der Waals surface area contributed by atoms with Crippen LogP contribution in [0.4, 0.5) is 0 Å². The number of aliphatic hydroxyl groups is 1. The van der Waals surface area contributed by atoms with Gasteiger partial charge in [-0.1, -0.05) is 0 Å².